The molecule has 7 nitrogen and oxygen atoms in total. The highest BCUT2D eigenvalue weighted by molar-refractivity contribution is 5.84. The van der Waals surface area contributed by atoms with Crippen LogP contribution in [0.15, 0.2) is 47.1 Å². The lowest BCUT2D eigenvalue weighted by atomic mass is 10.1. The average molecular weight is 401 g/mol. The topological polar surface area (TPSA) is 71.4 Å². The number of piperazine rings is 1. The van der Waals surface area contributed by atoms with Gasteiger partial charge in [-0.3, -0.25) is 9.59 Å². The van der Waals surface area contributed by atoms with E-state index in [0.29, 0.717) is 18.8 Å². The summed E-state index contributed by atoms with van der Waals surface area (Å²) in [6, 6.07) is 12.3. The van der Waals surface area contributed by atoms with Crippen molar-refractivity contribution in [3.63, 3.8) is 0 Å². The van der Waals surface area contributed by atoms with Crippen molar-refractivity contribution in [2.45, 2.75) is 20.0 Å². The first-order chi connectivity index (χ1) is 14.0. The minimum Gasteiger partial charge on any atom is -0.467 e. The predicted octanol–water partition coefficient (Wildman–Crippen LogP) is -1.35. The van der Waals surface area contributed by atoms with Gasteiger partial charge in [0.05, 0.1) is 19.4 Å². The Hall–Kier alpha value is -2.64. The molecule has 0 saturated carbocycles. The molecule has 3 N–H and O–H groups in total. The standard InChI is InChI=1S/C22H30N4O3/c1-18-5-3-6-19(13-18)15-25-8-10-26(11-9-25)17-22(28)24(2)16-21(27)23-14-20-7-4-12-29-20/h3-7,12-13H,8-11,14-17H2,1-2H3,(H,23,27)/p+2. The Balaban J connectivity index is 1.35. The molecule has 1 saturated heterocycles. The highest BCUT2D eigenvalue weighted by Gasteiger charge is 2.26. The number of rotatable bonds is 8. The van der Waals surface area contributed by atoms with Crippen LogP contribution in [0.2, 0.25) is 0 Å². The summed E-state index contributed by atoms with van der Waals surface area (Å²) in [6.07, 6.45) is 1.57. The maximum absolute atomic E-state index is 12.5. The number of nitrogens with one attached hydrogen (secondary N) is 3. The molecule has 1 aromatic carbocycles. The number of benzene rings is 1. The lowest BCUT2D eigenvalue weighted by Crippen LogP contribution is -3.28. The zero-order valence-electron chi connectivity index (χ0n) is 17.4. The van der Waals surface area contributed by atoms with Crippen LogP contribution >= 0.6 is 0 Å². The van der Waals surface area contributed by atoms with Crippen LogP contribution in [-0.4, -0.2) is 63.0 Å². The average Bonchev–Trinajstić information content (AvgIpc) is 3.21. The maximum atomic E-state index is 12.5. The fourth-order valence-corrected chi connectivity index (χ4v) is 3.73. The Kier molecular flexibility index (Phi) is 7.43. The molecule has 0 unspecified atom stereocenters. The van der Waals surface area contributed by atoms with E-state index in [1.165, 1.54) is 20.9 Å². The van der Waals surface area contributed by atoms with Crippen molar-refractivity contribution in [2.75, 3.05) is 46.3 Å². The molecule has 2 aromatic rings. The van der Waals surface area contributed by atoms with Gasteiger partial charge < -0.3 is 24.4 Å². The molecule has 1 fully saturated rings. The smallest absolute Gasteiger partial charge is 0.277 e. The van der Waals surface area contributed by atoms with Gasteiger partial charge in [-0.1, -0.05) is 29.8 Å². The van der Waals surface area contributed by atoms with Crippen molar-refractivity contribution in [3.8, 4) is 0 Å². The minimum absolute atomic E-state index is 0.00952. The first-order valence-corrected chi connectivity index (χ1v) is 10.3. The van der Waals surface area contributed by atoms with E-state index in [-0.39, 0.29) is 18.4 Å². The van der Waals surface area contributed by atoms with Gasteiger partial charge in [-0.2, -0.15) is 0 Å². The van der Waals surface area contributed by atoms with E-state index in [0.717, 1.165) is 32.7 Å². The van der Waals surface area contributed by atoms with E-state index >= 15 is 0 Å². The summed E-state index contributed by atoms with van der Waals surface area (Å²) in [7, 11) is 1.69. The molecule has 3 rings (SSSR count). The molecule has 0 bridgehead atoms. The van der Waals surface area contributed by atoms with Crippen LogP contribution in [0.1, 0.15) is 16.9 Å². The van der Waals surface area contributed by atoms with Crippen molar-refractivity contribution in [1.29, 1.82) is 0 Å². The fraction of sp³-hybridized carbons (Fsp3) is 0.455. The van der Waals surface area contributed by atoms with Gasteiger partial charge in [0.1, 0.15) is 38.5 Å². The van der Waals surface area contributed by atoms with Gasteiger partial charge in [-0.15, -0.1) is 0 Å². The Morgan fingerprint density at radius 3 is 2.55 bits per heavy atom. The van der Waals surface area contributed by atoms with Crippen LogP contribution in [0, 0.1) is 6.92 Å². The normalized spacial score (nSPS) is 19.0. The van der Waals surface area contributed by atoms with E-state index < -0.39 is 0 Å². The van der Waals surface area contributed by atoms with Gasteiger partial charge in [0.25, 0.3) is 5.91 Å². The lowest BCUT2D eigenvalue weighted by molar-refractivity contribution is -1.02. The predicted molar refractivity (Wildman–Crippen MR) is 109 cm³/mol. The molecule has 1 aromatic heterocycles. The number of aryl methyl sites for hydroxylation is 1. The Morgan fingerprint density at radius 1 is 1.10 bits per heavy atom. The number of hydrogen-bond donors (Lipinski definition) is 3. The van der Waals surface area contributed by atoms with Crippen molar-refractivity contribution in [1.82, 2.24) is 10.2 Å². The second-order valence-corrected chi connectivity index (χ2v) is 7.95. The van der Waals surface area contributed by atoms with E-state index in [9.17, 15) is 9.59 Å². The van der Waals surface area contributed by atoms with E-state index in [1.54, 1.807) is 30.3 Å². The zero-order chi connectivity index (χ0) is 20.6. The molecule has 2 amide bonds. The maximum Gasteiger partial charge on any atom is 0.277 e. The van der Waals surface area contributed by atoms with E-state index in [4.69, 9.17) is 4.42 Å². The second kappa shape index (κ2) is 10.2. The summed E-state index contributed by atoms with van der Waals surface area (Å²) in [6.45, 7) is 8.09. The van der Waals surface area contributed by atoms with Gasteiger partial charge >= 0.3 is 0 Å². The SMILES string of the molecule is Cc1cccc(C[NH+]2CC[NH+](CC(=O)N(C)CC(=O)NCc3ccco3)CC2)c1. The van der Waals surface area contributed by atoms with E-state index in [1.807, 2.05) is 0 Å². The van der Waals surface area contributed by atoms with Crippen molar-refractivity contribution < 1.29 is 23.8 Å². The van der Waals surface area contributed by atoms with Crippen LogP contribution in [0.25, 0.3) is 0 Å². The summed E-state index contributed by atoms with van der Waals surface area (Å²) < 4.78 is 5.19. The van der Waals surface area contributed by atoms with Crippen LogP contribution in [-0.2, 0) is 22.7 Å². The summed E-state index contributed by atoms with van der Waals surface area (Å²) in [5.41, 5.74) is 2.67. The number of furan rings is 1. The molecule has 0 aliphatic carbocycles. The van der Waals surface area contributed by atoms with Gasteiger partial charge in [-0.05, 0) is 19.1 Å². The molecule has 7 heteroatoms. The van der Waals surface area contributed by atoms with Crippen molar-refractivity contribution in [2.24, 2.45) is 0 Å². The molecule has 2 heterocycles. The number of amides is 2. The molecule has 1 aliphatic rings. The summed E-state index contributed by atoms with van der Waals surface area (Å²) in [5.74, 6) is 0.526. The number of hydrogen-bond acceptors (Lipinski definition) is 3. The summed E-state index contributed by atoms with van der Waals surface area (Å²) in [4.78, 5) is 28.9. The first-order valence-electron chi connectivity index (χ1n) is 10.3. The Labute approximate surface area is 172 Å². The second-order valence-electron chi connectivity index (χ2n) is 7.95. The third kappa shape index (κ3) is 6.73. The lowest BCUT2D eigenvalue weighted by Gasteiger charge is -2.30. The van der Waals surface area contributed by atoms with Crippen molar-refractivity contribution >= 4 is 11.8 Å². The molecule has 0 spiro atoms. The molecule has 0 radical (unpaired) electrons. The van der Waals surface area contributed by atoms with Crippen LogP contribution < -0.4 is 15.1 Å². The van der Waals surface area contributed by atoms with Crippen LogP contribution in [0.5, 0.6) is 0 Å². The molecule has 0 atom stereocenters. The summed E-state index contributed by atoms with van der Waals surface area (Å²) >= 11 is 0. The van der Waals surface area contributed by atoms with Gasteiger partial charge in [0.15, 0.2) is 6.54 Å². The van der Waals surface area contributed by atoms with E-state index in [2.05, 4.69) is 36.5 Å². The Bertz CT molecular complexity index is 798. The monoisotopic (exact) mass is 400 g/mol. The third-order valence-electron chi connectivity index (χ3n) is 5.45. The van der Waals surface area contributed by atoms with Crippen LogP contribution in [0.4, 0.5) is 0 Å². The van der Waals surface area contributed by atoms with Crippen molar-refractivity contribution in [3.05, 3.63) is 59.5 Å². The van der Waals surface area contributed by atoms with Gasteiger partial charge in [0, 0.05) is 12.6 Å². The molecule has 29 heavy (non-hydrogen) atoms. The number of likely N-dealkylation sites (N-methyl/N-ethyl adjacent to an activating group) is 1. The molecule has 1 aliphatic heterocycles. The molecular weight excluding hydrogens is 368 g/mol. The fourth-order valence-electron chi connectivity index (χ4n) is 3.73. The largest absolute Gasteiger partial charge is 0.467 e. The van der Waals surface area contributed by atoms with Gasteiger partial charge in [-0.25, -0.2) is 0 Å². The Morgan fingerprint density at radius 2 is 1.86 bits per heavy atom. The highest BCUT2D eigenvalue weighted by atomic mass is 16.3. The van der Waals surface area contributed by atoms with Gasteiger partial charge in [0.2, 0.25) is 5.91 Å². The quantitative estimate of drug-likeness (QED) is 0.513. The number of quaternary nitrogens is 2. The zero-order valence-corrected chi connectivity index (χ0v) is 17.4. The first kappa shape index (κ1) is 21.1. The molecule has 156 valence electrons. The number of carbonyl (C=O) groups excluding carboxylic acids is 2. The summed E-state index contributed by atoms with van der Waals surface area (Å²) in [5, 5.41) is 2.77. The number of carbonyl (C=O) groups is 2. The highest BCUT2D eigenvalue weighted by Crippen LogP contribution is 2.02. The molecular formula is C22H32N4O3+2. The van der Waals surface area contributed by atoms with Crippen LogP contribution in [0.3, 0.4) is 0 Å². The number of nitrogens with zero attached hydrogens (tertiary/aromatic N) is 1. The third-order valence-corrected chi connectivity index (χ3v) is 5.45. The minimum atomic E-state index is -0.181.